The number of nitrogens with one attached hydrogen (secondary N) is 2. The summed E-state index contributed by atoms with van der Waals surface area (Å²) in [4.78, 5) is 11.6. The summed E-state index contributed by atoms with van der Waals surface area (Å²) >= 11 is 0. The molecule has 88 valence electrons. The second-order valence-electron chi connectivity index (χ2n) is 4.62. The van der Waals surface area contributed by atoms with Crippen LogP contribution in [-0.4, -0.2) is 37.7 Å². The summed E-state index contributed by atoms with van der Waals surface area (Å²) in [6.07, 6.45) is 2.50. The van der Waals surface area contributed by atoms with Crippen LogP contribution in [0, 0.1) is 0 Å². The molecule has 0 spiro atoms. The van der Waals surface area contributed by atoms with Crippen molar-refractivity contribution in [2.45, 2.75) is 44.8 Å². The van der Waals surface area contributed by atoms with Gasteiger partial charge in [-0.25, -0.2) is 0 Å². The van der Waals surface area contributed by atoms with Gasteiger partial charge in [0.25, 0.3) is 0 Å². The van der Waals surface area contributed by atoms with E-state index in [9.17, 15) is 4.79 Å². The SMILES string of the molecule is COC(C)CCC(=O)NC1(C)CCNC1. The molecule has 0 radical (unpaired) electrons. The Balaban J connectivity index is 2.23. The van der Waals surface area contributed by atoms with Crippen LogP contribution >= 0.6 is 0 Å². The largest absolute Gasteiger partial charge is 0.382 e. The monoisotopic (exact) mass is 214 g/mol. The molecule has 4 heteroatoms. The molecule has 15 heavy (non-hydrogen) atoms. The zero-order valence-corrected chi connectivity index (χ0v) is 9.93. The summed E-state index contributed by atoms with van der Waals surface area (Å²) in [6.45, 7) is 5.93. The molecule has 0 bridgehead atoms. The van der Waals surface area contributed by atoms with E-state index < -0.39 is 0 Å². The second-order valence-corrected chi connectivity index (χ2v) is 4.62. The summed E-state index contributed by atoms with van der Waals surface area (Å²) in [6, 6.07) is 0. The van der Waals surface area contributed by atoms with E-state index in [2.05, 4.69) is 17.6 Å². The van der Waals surface area contributed by atoms with Crippen LogP contribution in [0.2, 0.25) is 0 Å². The number of ether oxygens (including phenoxy) is 1. The van der Waals surface area contributed by atoms with Gasteiger partial charge in [0.1, 0.15) is 0 Å². The summed E-state index contributed by atoms with van der Waals surface area (Å²) in [5.41, 5.74) is -0.0482. The van der Waals surface area contributed by atoms with E-state index >= 15 is 0 Å². The van der Waals surface area contributed by atoms with E-state index in [0.29, 0.717) is 6.42 Å². The molecule has 1 aliphatic rings. The lowest BCUT2D eigenvalue weighted by atomic mass is 10.0. The Kier molecular flexibility index (Phi) is 4.54. The smallest absolute Gasteiger partial charge is 0.220 e. The molecule has 1 rings (SSSR count). The molecular formula is C11H22N2O2. The number of methoxy groups -OCH3 is 1. The Morgan fingerprint density at radius 3 is 2.93 bits per heavy atom. The number of hydrogen-bond acceptors (Lipinski definition) is 3. The fourth-order valence-electron chi connectivity index (χ4n) is 1.77. The van der Waals surface area contributed by atoms with Gasteiger partial charge < -0.3 is 15.4 Å². The zero-order valence-electron chi connectivity index (χ0n) is 9.93. The van der Waals surface area contributed by atoms with Gasteiger partial charge in [-0.2, -0.15) is 0 Å². The Labute approximate surface area is 91.8 Å². The van der Waals surface area contributed by atoms with Gasteiger partial charge in [0.15, 0.2) is 0 Å². The number of rotatable bonds is 5. The van der Waals surface area contributed by atoms with Crippen LogP contribution in [0.3, 0.4) is 0 Å². The highest BCUT2D eigenvalue weighted by atomic mass is 16.5. The fourth-order valence-corrected chi connectivity index (χ4v) is 1.77. The van der Waals surface area contributed by atoms with Crippen molar-refractivity contribution in [2.24, 2.45) is 0 Å². The molecule has 1 aliphatic heterocycles. The van der Waals surface area contributed by atoms with Crippen LogP contribution in [-0.2, 0) is 9.53 Å². The maximum absolute atomic E-state index is 11.6. The molecule has 1 saturated heterocycles. The van der Waals surface area contributed by atoms with Gasteiger partial charge in [0.2, 0.25) is 5.91 Å². The van der Waals surface area contributed by atoms with Crippen molar-refractivity contribution in [1.29, 1.82) is 0 Å². The molecule has 0 aromatic rings. The number of hydrogen-bond donors (Lipinski definition) is 2. The molecule has 4 nitrogen and oxygen atoms in total. The van der Waals surface area contributed by atoms with Gasteiger partial charge in [0.05, 0.1) is 11.6 Å². The highest BCUT2D eigenvalue weighted by Gasteiger charge is 2.29. The molecule has 0 aromatic carbocycles. The summed E-state index contributed by atoms with van der Waals surface area (Å²) < 4.78 is 5.10. The number of amides is 1. The molecular weight excluding hydrogens is 192 g/mol. The minimum atomic E-state index is -0.0482. The first kappa shape index (κ1) is 12.5. The lowest BCUT2D eigenvalue weighted by Gasteiger charge is -2.24. The topological polar surface area (TPSA) is 50.4 Å². The van der Waals surface area contributed by atoms with Crippen molar-refractivity contribution in [3.8, 4) is 0 Å². The van der Waals surface area contributed by atoms with Gasteiger partial charge in [0, 0.05) is 20.1 Å². The third kappa shape index (κ3) is 4.18. The third-order valence-corrected chi connectivity index (χ3v) is 2.99. The Bertz CT molecular complexity index is 213. The quantitative estimate of drug-likeness (QED) is 0.707. The minimum absolute atomic E-state index is 0.0482. The van der Waals surface area contributed by atoms with E-state index in [1.54, 1.807) is 7.11 Å². The zero-order chi connectivity index (χ0) is 11.3. The predicted octanol–water partition coefficient (Wildman–Crippen LogP) is 0.670. The second kappa shape index (κ2) is 5.47. The van der Waals surface area contributed by atoms with Crippen molar-refractivity contribution in [3.05, 3.63) is 0 Å². The first-order chi connectivity index (χ1) is 7.06. The maximum atomic E-state index is 11.6. The average Bonchev–Trinajstić information content (AvgIpc) is 2.61. The Morgan fingerprint density at radius 2 is 2.40 bits per heavy atom. The molecule has 0 saturated carbocycles. The van der Waals surface area contributed by atoms with Crippen LogP contribution in [0.15, 0.2) is 0 Å². The Morgan fingerprint density at radius 1 is 1.67 bits per heavy atom. The van der Waals surface area contributed by atoms with Crippen LogP contribution in [0.4, 0.5) is 0 Å². The standard InChI is InChI=1S/C11H22N2O2/c1-9(15-3)4-5-10(14)13-11(2)6-7-12-8-11/h9,12H,4-8H2,1-3H3,(H,13,14). The van der Waals surface area contributed by atoms with Crippen molar-refractivity contribution in [1.82, 2.24) is 10.6 Å². The van der Waals surface area contributed by atoms with Gasteiger partial charge in [-0.05, 0) is 33.2 Å². The molecule has 1 heterocycles. The summed E-state index contributed by atoms with van der Waals surface area (Å²) in [5, 5.41) is 6.33. The van der Waals surface area contributed by atoms with E-state index in [1.807, 2.05) is 6.92 Å². The molecule has 1 amide bonds. The van der Waals surface area contributed by atoms with Crippen LogP contribution < -0.4 is 10.6 Å². The van der Waals surface area contributed by atoms with Crippen molar-refractivity contribution in [2.75, 3.05) is 20.2 Å². The van der Waals surface area contributed by atoms with E-state index in [1.165, 1.54) is 0 Å². The molecule has 2 N–H and O–H groups in total. The first-order valence-corrected chi connectivity index (χ1v) is 5.60. The van der Waals surface area contributed by atoms with Crippen molar-refractivity contribution in [3.63, 3.8) is 0 Å². The van der Waals surface area contributed by atoms with E-state index in [4.69, 9.17) is 4.74 Å². The van der Waals surface area contributed by atoms with Crippen LogP contribution in [0.1, 0.15) is 33.1 Å². The Hall–Kier alpha value is -0.610. The maximum Gasteiger partial charge on any atom is 0.220 e. The van der Waals surface area contributed by atoms with Gasteiger partial charge in [-0.15, -0.1) is 0 Å². The lowest BCUT2D eigenvalue weighted by Crippen LogP contribution is -2.47. The highest BCUT2D eigenvalue weighted by molar-refractivity contribution is 5.76. The summed E-state index contributed by atoms with van der Waals surface area (Å²) in [5.74, 6) is 0.130. The molecule has 0 aliphatic carbocycles. The summed E-state index contributed by atoms with van der Waals surface area (Å²) in [7, 11) is 1.67. The van der Waals surface area contributed by atoms with Gasteiger partial charge in [-0.3, -0.25) is 4.79 Å². The fraction of sp³-hybridized carbons (Fsp3) is 0.909. The first-order valence-electron chi connectivity index (χ1n) is 5.60. The normalized spacial score (nSPS) is 27.7. The van der Waals surface area contributed by atoms with Gasteiger partial charge in [-0.1, -0.05) is 0 Å². The average molecular weight is 214 g/mol. The van der Waals surface area contributed by atoms with Gasteiger partial charge >= 0.3 is 0 Å². The molecule has 2 unspecified atom stereocenters. The van der Waals surface area contributed by atoms with E-state index in [0.717, 1.165) is 25.9 Å². The highest BCUT2D eigenvalue weighted by Crippen LogP contribution is 2.13. The van der Waals surface area contributed by atoms with Crippen LogP contribution in [0.5, 0.6) is 0 Å². The lowest BCUT2D eigenvalue weighted by molar-refractivity contribution is -0.123. The molecule has 1 fully saturated rings. The number of carbonyl (C=O) groups is 1. The van der Waals surface area contributed by atoms with Crippen molar-refractivity contribution < 1.29 is 9.53 Å². The molecule has 2 atom stereocenters. The predicted molar refractivity (Wildman–Crippen MR) is 59.7 cm³/mol. The van der Waals surface area contributed by atoms with Crippen LogP contribution in [0.25, 0.3) is 0 Å². The minimum Gasteiger partial charge on any atom is -0.382 e. The van der Waals surface area contributed by atoms with Crippen molar-refractivity contribution >= 4 is 5.91 Å². The third-order valence-electron chi connectivity index (χ3n) is 2.99. The number of carbonyl (C=O) groups excluding carboxylic acids is 1. The molecule has 0 aromatic heterocycles. The van der Waals surface area contributed by atoms with E-state index in [-0.39, 0.29) is 17.6 Å².